The molecule has 2 aliphatic heterocycles. The number of ether oxygens (including phenoxy) is 1. The third kappa shape index (κ3) is 2.97. The zero-order chi connectivity index (χ0) is 14.0. The fourth-order valence-electron chi connectivity index (χ4n) is 2.47. The van der Waals surface area contributed by atoms with Crippen molar-refractivity contribution >= 4 is 17.9 Å². The lowest BCUT2D eigenvalue weighted by molar-refractivity contribution is -0.134. The van der Waals surface area contributed by atoms with Crippen molar-refractivity contribution < 1.29 is 19.1 Å². The number of nitrogens with one attached hydrogen (secondary N) is 2. The minimum atomic E-state index is -0.726. The first-order valence-electron chi connectivity index (χ1n) is 6.53. The fraction of sp³-hybridized carbons (Fsp3) is 0.750. The third-order valence-corrected chi connectivity index (χ3v) is 3.61. The molecule has 3 amide bonds. The van der Waals surface area contributed by atoms with E-state index in [0.29, 0.717) is 0 Å². The highest BCUT2D eigenvalue weighted by molar-refractivity contribution is 5.91. The molecule has 0 radical (unpaired) electrons. The Bertz CT molecular complexity index is 398. The normalized spacial score (nSPS) is 29.9. The van der Waals surface area contributed by atoms with Crippen LogP contribution >= 0.6 is 0 Å². The van der Waals surface area contributed by atoms with E-state index in [-0.39, 0.29) is 18.5 Å². The van der Waals surface area contributed by atoms with E-state index in [1.165, 1.54) is 0 Å². The lowest BCUT2D eigenvalue weighted by Gasteiger charge is -2.22. The molecule has 0 aromatic heterocycles. The summed E-state index contributed by atoms with van der Waals surface area (Å²) in [7, 11) is 0. The number of hydrogen-bond acceptors (Lipinski definition) is 4. The maximum Gasteiger partial charge on any atom is 0.408 e. The molecule has 2 rings (SSSR count). The number of amides is 3. The van der Waals surface area contributed by atoms with Crippen LogP contribution in [0.4, 0.5) is 4.79 Å². The van der Waals surface area contributed by atoms with Gasteiger partial charge in [-0.25, -0.2) is 4.79 Å². The summed E-state index contributed by atoms with van der Waals surface area (Å²) < 4.78 is 4.81. The average Bonchev–Trinajstić information content (AvgIpc) is 2.91. The molecule has 0 aromatic rings. The predicted octanol–water partition coefficient (Wildman–Crippen LogP) is -0.390. The van der Waals surface area contributed by atoms with Gasteiger partial charge >= 0.3 is 6.09 Å². The van der Waals surface area contributed by atoms with E-state index in [1.54, 1.807) is 11.8 Å². The van der Waals surface area contributed by atoms with Crippen molar-refractivity contribution in [3.8, 4) is 0 Å². The van der Waals surface area contributed by atoms with Gasteiger partial charge in [0.25, 0.3) is 0 Å². The van der Waals surface area contributed by atoms with E-state index < -0.39 is 24.1 Å². The standard InChI is InChI=1S/C12H19N3O4/c1-7-4-3-5-15(7)9(16)6-13-11(17)10-8(2)19-12(18)14-10/h7-8,10H,3-6H2,1-2H3,(H,13,17)(H,14,18)/t7-,8+,10?/m1/s1. The van der Waals surface area contributed by atoms with Crippen LogP contribution in [0.3, 0.4) is 0 Å². The highest BCUT2D eigenvalue weighted by Gasteiger charge is 2.36. The molecule has 2 aliphatic rings. The zero-order valence-electron chi connectivity index (χ0n) is 11.1. The van der Waals surface area contributed by atoms with Gasteiger partial charge in [0.15, 0.2) is 0 Å². The summed E-state index contributed by atoms with van der Waals surface area (Å²) in [4.78, 5) is 36.5. The number of alkyl carbamates (subject to hydrolysis) is 1. The van der Waals surface area contributed by atoms with E-state index >= 15 is 0 Å². The van der Waals surface area contributed by atoms with Crippen molar-refractivity contribution in [3.63, 3.8) is 0 Å². The van der Waals surface area contributed by atoms with Gasteiger partial charge in [0, 0.05) is 12.6 Å². The summed E-state index contributed by atoms with van der Waals surface area (Å²) in [6, 6.07) is -0.492. The van der Waals surface area contributed by atoms with Gasteiger partial charge in [-0.2, -0.15) is 0 Å². The van der Waals surface area contributed by atoms with Crippen LogP contribution in [0.25, 0.3) is 0 Å². The van der Waals surface area contributed by atoms with E-state index in [2.05, 4.69) is 10.6 Å². The Morgan fingerprint density at radius 1 is 1.47 bits per heavy atom. The van der Waals surface area contributed by atoms with Gasteiger partial charge in [0.2, 0.25) is 11.8 Å². The first-order valence-corrected chi connectivity index (χ1v) is 6.53. The van der Waals surface area contributed by atoms with Crippen molar-refractivity contribution in [3.05, 3.63) is 0 Å². The Morgan fingerprint density at radius 2 is 2.21 bits per heavy atom. The molecule has 106 valence electrons. The van der Waals surface area contributed by atoms with Crippen molar-refractivity contribution in [2.24, 2.45) is 0 Å². The molecular formula is C12H19N3O4. The van der Waals surface area contributed by atoms with Gasteiger partial charge < -0.3 is 20.3 Å². The second-order valence-electron chi connectivity index (χ2n) is 5.03. The molecule has 2 fully saturated rings. The van der Waals surface area contributed by atoms with Gasteiger partial charge in [0.05, 0.1) is 6.54 Å². The largest absolute Gasteiger partial charge is 0.444 e. The van der Waals surface area contributed by atoms with E-state index in [0.717, 1.165) is 19.4 Å². The van der Waals surface area contributed by atoms with E-state index in [1.807, 2.05) is 6.92 Å². The molecule has 0 saturated carbocycles. The minimum absolute atomic E-state index is 0.0394. The second-order valence-corrected chi connectivity index (χ2v) is 5.03. The number of nitrogens with zero attached hydrogens (tertiary/aromatic N) is 1. The molecule has 0 aromatic carbocycles. The first kappa shape index (κ1) is 13.6. The van der Waals surface area contributed by atoms with Crippen LogP contribution in [0, 0.1) is 0 Å². The quantitative estimate of drug-likeness (QED) is 0.730. The Kier molecular flexibility index (Phi) is 3.92. The van der Waals surface area contributed by atoms with Crippen LogP contribution in [0.2, 0.25) is 0 Å². The maximum absolute atomic E-state index is 11.9. The van der Waals surface area contributed by atoms with Gasteiger partial charge in [0.1, 0.15) is 12.1 Å². The lowest BCUT2D eigenvalue weighted by atomic mass is 10.2. The van der Waals surface area contributed by atoms with Crippen molar-refractivity contribution in [2.45, 2.75) is 44.9 Å². The SMILES string of the molecule is C[C@@H]1OC(=O)NC1C(=O)NCC(=O)N1CCC[C@H]1C. The van der Waals surface area contributed by atoms with Crippen LogP contribution in [0.5, 0.6) is 0 Å². The number of likely N-dealkylation sites (tertiary alicyclic amines) is 1. The lowest BCUT2D eigenvalue weighted by Crippen LogP contribution is -2.49. The summed E-state index contributed by atoms with van der Waals surface area (Å²) >= 11 is 0. The molecule has 0 aliphatic carbocycles. The molecule has 19 heavy (non-hydrogen) atoms. The Labute approximate surface area is 111 Å². The highest BCUT2D eigenvalue weighted by atomic mass is 16.6. The van der Waals surface area contributed by atoms with Gasteiger partial charge in [-0.3, -0.25) is 9.59 Å². The smallest absolute Gasteiger partial charge is 0.408 e. The number of carbonyl (C=O) groups is 3. The van der Waals surface area contributed by atoms with Crippen LogP contribution in [-0.4, -0.2) is 54.1 Å². The molecule has 7 heteroatoms. The minimum Gasteiger partial charge on any atom is -0.444 e. The van der Waals surface area contributed by atoms with Gasteiger partial charge in [-0.1, -0.05) is 0 Å². The number of hydrogen-bond donors (Lipinski definition) is 2. The van der Waals surface area contributed by atoms with Gasteiger partial charge in [-0.05, 0) is 26.7 Å². The second kappa shape index (κ2) is 5.46. The Hall–Kier alpha value is -1.79. The summed E-state index contributed by atoms with van der Waals surface area (Å²) in [5, 5.41) is 4.96. The average molecular weight is 269 g/mol. The highest BCUT2D eigenvalue weighted by Crippen LogP contribution is 2.16. The Balaban J connectivity index is 1.80. The zero-order valence-corrected chi connectivity index (χ0v) is 11.1. The van der Waals surface area contributed by atoms with Gasteiger partial charge in [-0.15, -0.1) is 0 Å². The summed E-state index contributed by atoms with van der Waals surface area (Å²) in [5.74, 6) is -0.477. The molecule has 7 nitrogen and oxygen atoms in total. The molecule has 0 bridgehead atoms. The molecule has 2 N–H and O–H groups in total. The predicted molar refractivity (Wildman–Crippen MR) is 66.3 cm³/mol. The monoisotopic (exact) mass is 269 g/mol. The maximum atomic E-state index is 11.9. The summed E-state index contributed by atoms with van der Waals surface area (Å²) in [5.41, 5.74) is 0. The summed E-state index contributed by atoms with van der Waals surface area (Å²) in [6.45, 7) is 4.34. The number of rotatable bonds is 3. The summed E-state index contributed by atoms with van der Waals surface area (Å²) in [6.07, 6.45) is 0.883. The van der Waals surface area contributed by atoms with E-state index in [4.69, 9.17) is 4.74 Å². The van der Waals surface area contributed by atoms with E-state index in [9.17, 15) is 14.4 Å². The molecule has 1 unspecified atom stereocenters. The third-order valence-electron chi connectivity index (χ3n) is 3.61. The molecule has 3 atom stereocenters. The van der Waals surface area contributed by atoms with Crippen LogP contribution in [0.1, 0.15) is 26.7 Å². The van der Waals surface area contributed by atoms with Crippen molar-refractivity contribution in [2.75, 3.05) is 13.1 Å². The molecule has 2 heterocycles. The molecular weight excluding hydrogens is 250 g/mol. The van der Waals surface area contributed by atoms with Crippen LogP contribution in [-0.2, 0) is 14.3 Å². The van der Waals surface area contributed by atoms with Crippen LogP contribution < -0.4 is 10.6 Å². The molecule has 2 saturated heterocycles. The number of carbonyl (C=O) groups excluding carboxylic acids is 3. The van der Waals surface area contributed by atoms with Crippen molar-refractivity contribution in [1.29, 1.82) is 0 Å². The topological polar surface area (TPSA) is 87.7 Å². The number of cyclic esters (lactones) is 1. The Morgan fingerprint density at radius 3 is 2.74 bits per heavy atom. The molecule has 0 spiro atoms. The van der Waals surface area contributed by atoms with Crippen molar-refractivity contribution in [1.82, 2.24) is 15.5 Å². The van der Waals surface area contributed by atoms with Crippen LogP contribution in [0.15, 0.2) is 0 Å². The fourth-order valence-corrected chi connectivity index (χ4v) is 2.47. The first-order chi connectivity index (χ1) is 8.99.